The number of benzene rings is 1. The van der Waals surface area contributed by atoms with Crippen molar-refractivity contribution in [2.24, 2.45) is 0 Å². The molecular formula is C19H32N4O4S. The quantitative estimate of drug-likeness (QED) is 0.403. The van der Waals surface area contributed by atoms with Crippen molar-refractivity contribution < 1.29 is 17.9 Å². The van der Waals surface area contributed by atoms with Crippen molar-refractivity contribution in [1.82, 2.24) is 10.0 Å². The standard InChI is InChI=1S/C19H32N4O4S/c1-19(2,3)27-18(24)21-11-12-22-28(25,26)15-9-10-17(16(20)13-15)23-14-7-5-4-6-8-14/h9-10,13-14,22-23H,4-8,11-12,20H2,1-3H3,(H,21,24). The lowest BCUT2D eigenvalue weighted by atomic mass is 9.95. The largest absolute Gasteiger partial charge is 0.444 e. The highest BCUT2D eigenvalue weighted by Gasteiger charge is 2.19. The monoisotopic (exact) mass is 412 g/mol. The third-order valence-corrected chi connectivity index (χ3v) is 5.84. The highest BCUT2D eigenvalue weighted by Crippen LogP contribution is 2.27. The van der Waals surface area contributed by atoms with E-state index in [1.165, 1.54) is 31.4 Å². The summed E-state index contributed by atoms with van der Waals surface area (Å²) in [5.74, 6) is 0. The van der Waals surface area contributed by atoms with E-state index >= 15 is 0 Å². The van der Waals surface area contributed by atoms with E-state index in [4.69, 9.17) is 10.5 Å². The van der Waals surface area contributed by atoms with Crippen LogP contribution in [0, 0.1) is 0 Å². The molecule has 1 aliphatic rings. The van der Waals surface area contributed by atoms with Crippen LogP contribution >= 0.6 is 0 Å². The summed E-state index contributed by atoms with van der Waals surface area (Å²) >= 11 is 0. The number of hydrogen-bond acceptors (Lipinski definition) is 6. The minimum Gasteiger partial charge on any atom is -0.444 e. The Labute approximate surface area is 167 Å². The molecule has 2 rings (SSSR count). The highest BCUT2D eigenvalue weighted by atomic mass is 32.2. The number of alkyl carbamates (subject to hydrolysis) is 1. The smallest absolute Gasteiger partial charge is 0.407 e. The number of nitrogens with two attached hydrogens (primary N) is 1. The van der Waals surface area contributed by atoms with Crippen LogP contribution in [-0.2, 0) is 14.8 Å². The first kappa shape index (κ1) is 22.3. The van der Waals surface area contributed by atoms with Crippen molar-refractivity contribution in [2.45, 2.75) is 69.4 Å². The molecule has 8 nitrogen and oxygen atoms in total. The van der Waals surface area contributed by atoms with Crippen LogP contribution in [0.25, 0.3) is 0 Å². The van der Waals surface area contributed by atoms with E-state index in [0.717, 1.165) is 18.5 Å². The molecule has 0 saturated heterocycles. The molecule has 0 aliphatic heterocycles. The minimum absolute atomic E-state index is 0.0452. The Morgan fingerprint density at radius 1 is 1.18 bits per heavy atom. The van der Waals surface area contributed by atoms with E-state index in [1.54, 1.807) is 26.8 Å². The summed E-state index contributed by atoms with van der Waals surface area (Å²) in [6, 6.07) is 5.08. The van der Waals surface area contributed by atoms with Gasteiger partial charge in [0, 0.05) is 19.1 Å². The molecule has 1 aliphatic carbocycles. The number of carbonyl (C=O) groups excluding carboxylic acids is 1. The summed E-state index contributed by atoms with van der Waals surface area (Å²) in [6.45, 7) is 5.43. The predicted octanol–water partition coefficient (Wildman–Crippen LogP) is 2.82. The molecular weight excluding hydrogens is 380 g/mol. The van der Waals surface area contributed by atoms with Crippen molar-refractivity contribution in [2.75, 3.05) is 24.1 Å². The highest BCUT2D eigenvalue weighted by molar-refractivity contribution is 7.89. The van der Waals surface area contributed by atoms with Crippen LogP contribution in [0.5, 0.6) is 0 Å². The fraction of sp³-hybridized carbons (Fsp3) is 0.632. The van der Waals surface area contributed by atoms with Crippen molar-refractivity contribution >= 4 is 27.5 Å². The van der Waals surface area contributed by atoms with Crippen LogP contribution in [0.4, 0.5) is 16.2 Å². The van der Waals surface area contributed by atoms with Gasteiger partial charge in [0.1, 0.15) is 5.60 Å². The van der Waals surface area contributed by atoms with E-state index in [-0.39, 0.29) is 18.0 Å². The van der Waals surface area contributed by atoms with Gasteiger partial charge in [-0.25, -0.2) is 17.9 Å². The van der Waals surface area contributed by atoms with Crippen LogP contribution in [0.3, 0.4) is 0 Å². The topological polar surface area (TPSA) is 123 Å². The lowest BCUT2D eigenvalue weighted by molar-refractivity contribution is 0.0529. The Kier molecular flexibility index (Phi) is 7.54. The summed E-state index contributed by atoms with van der Waals surface area (Å²) in [4.78, 5) is 11.7. The summed E-state index contributed by atoms with van der Waals surface area (Å²) < 4.78 is 32.4. The second-order valence-electron chi connectivity index (χ2n) is 8.05. The number of sulfonamides is 1. The number of rotatable bonds is 7. The van der Waals surface area contributed by atoms with Gasteiger partial charge in [0.15, 0.2) is 0 Å². The molecule has 5 N–H and O–H groups in total. The molecule has 1 amide bonds. The fourth-order valence-electron chi connectivity index (χ4n) is 3.05. The molecule has 1 aromatic carbocycles. The van der Waals surface area contributed by atoms with Gasteiger partial charge in [0.05, 0.1) is 16.3 Å². The maximum Gasteiger partial charge on any atom is 0.407 e. The van der Waals surface area contributed by atoms with Gasteiger partial charge in [0.25, 0.3) is 0 Å². The zero-order valence-electron chi connectivity index (χ0n) is 16.9. The van der Waals surface area contributed by atoms with Crippen LogP contribution in [-0.4, -0.2) is 39.2 Å². The molecule has 0 atom stereocenters. The van der Waals surface area contributed by atoms with Crippen LogP contribution in [0.1, 0.15) is 52.9 Å². The molecule has 0 bridgehead atoms. The van der Waals surface area contributed by atoms with Gasteiger partial charge in [-0.05, 0) is 51.8 Å². The summed E-state index contributed by atoms with van der Waals surface area (Å²) in [6.07, 6.45) is 5.28. The summed E-state index contributed by atoms with van der Waals surface area (Å²) in [5.41, 5.74) is 6.62. The van der Waals surface area contributed by atoms with Gasteiger partial charge < -0.3 is 21.1 Å². The number of ether oxygens (including phenoxy) is 1. The molecule has 0 radical (unpaired) electrons. The third kappa shape index (κ3) is 7.20. The molecule has 28 heavy (non-hydrogen) atoms. The lowest BCUT2D eigenvalue weighted by Crippen LogP contribution is -2.37. The van der Waals surface area contributed by atoms with Gasteiger partial charge in [-0.2, -0.15) is 0 Å². The lowest BCUT2D eigenvalue weighted by Gasteiger charge is -2.24. The average Bonchev–Trinajstić information content (AvgIpc) is 2.60. The van der Waals surface area contributed by atoms with E-state index in [9.17, 15) is 13.2 Å². The maximum atomic E-state index is 12.4. The first-order chi connectivity index (χ1) is 13.1. The first-order valence-electron chi connectivity index (χ1n) is 9.69. The predicted molar refractivity (Wildman–Crippen MR) is 111 cm³/mol. The number of nitrogens with one attached hydrogen (secondary N) is 3. The fourth-order valence-corrected chi connectivity index (χ4v) is 4.12. The van der Waals surface area contributed by atoms with E-state index in [2.05, 4.69) is 15.4 Å². The van der Waals surface area contributed by atoms with Gasteiger partial charge >= 0.3 is 6.09 Å². The number of hydrogen-bond donors (Lipinski definition) is 4. The molecule has 0 spiro atoms. The number of anilines is 2. The molecule has 0 unspecified atom stereocenters. The second kappa shape index (κ2) is 9.47. The Hall–Kier alpha value is -2.00. The van der Waals surface area contributed by atoms with Gasteiger partial charge in [-0.1, -0.05) is 19.3 Å². The second-order valence-corrected chi connectivity index (χ2v) is 9.82. The van der Waals surface area contributed by atoms with Gasteiger partial charge in [0.2, 0.25) is 10.0 Å². The van der Waals surface area contributed by atoms with E-state index in [0.29, 0.717) is 11.7 Å². The Bertz CT molecular complexity index is 769. The van der Waals surface area contributed by atoms with E-state index < -0.39 is 21.7 Å². The van der Waals surface area contributed by atoms with Crippen molar-refractivity contribution in [3.63, 3.8) is 0 Å². The molecule has 1 saturated carbocycles. The number of amides is 1. The molecule has 9 heteroatoms. The van der Waals surface area contributed by atoms with Crippen molar-refractivity contribution in [3.05, 3.63) is 18.2 Å². The zero-order valence-corrected chi connectivity index (χ0v) is 17.7. The van der Waals surface area contributed by atoms with Gasteiger partial charge in [-0.3, -0.25) is 0 Å². The molecule has 0 heterocycles. The van der Waals surface area contributed by atoms with Crippen LogP contribution in [0.15, 0.2) is 23.1 Å². The SMILES string of the molecule is CC(C)(C)OC(=O)NCCNS(=O)(=O)c1ccc(NC2CCCCC2)c(N)c1. The molecule has 0 aromatic heterocycles. The Morgan fingerprint density at radius 3 is 2.46 bits per heavy atom. The van der Waals surface area contributed by atoms with Crippen molar-refractivity contribution in [1.29, 1.82) is 0 Å². The maximum absolute atomic E-state index is 12.4. The first-order valence-corrected chi connectivity index (χ1v) is 11.2. The zero-order chi connectivity index (χ0) is 20.8. The summed E-state index contributed by atoms with van der Waals surface area (Å²) in [5, 5.41) is 5.92. The Balaban J connectivity index is 1.87. The number of nitrogen functional groups attached to an aromatic ring is 1. The van der Waals surface area contributed by atoms with Crippen LogP contribution < -0.4 is 21.1 Å². The average molecular weight is 413 g/mol. The molecule has 158 valence electrons. The third-order valence-electron chi connectivity index (χ3n) is 4.38. The van der Waals surface area contributed by atoms with Crippen LogP contribution in [0.2, 0.25) is 0 Å². The van der Waals surface area contributed by atoms with Gasteiger partial charge in [-0.15, -0.1) is 0 Å². The van der Waals surface area contributed by atoms with Crippen molar-refractivity contribution in [3.8, 4) is 0 Å². The Morgan fingerprint density at radius 2 is 1.86 bits per heavy atom. The van der Waals surface area contributed by atoms with E-state index in [1.807, 2.05) is 0 Å². The molecule has 1 aromatic rings. The molecule has 1 fully saturated rings. The summed E-state index contributed by atoms with van der Waals surface area (Å²) in [7, 11) is -3.72. The normalized spacial score (nSPS) is 15.8. The minimum atomic E-state index is -3.72. The number of carbonyl (C=O) groups is 1.